The summed E-state index contributed by atoms with van der Waals surface area (Å²) in [6.07, 6.45) is 6.17. The van der Waals surface area contributed by atoms with Gasteiger partial charge in [-0.15, -0.1) is 11.3 Å². The van der Waals surface area contributed by atoms with E-state index in [0.29, 0.717) is 0 Å². The second-order valence-electron chi connectivity index (χ2n) is 4.28. The molecule has 19 heavy (non-hydrogen) atoms. The van der Waals surface area contributed by atoms with Crippen LogP contribution in [0.15, 0.2) is 42.2 Å². The summed E-state index contributed by atoms with van der Waals surface area (Å²) in [6, 6.07) is 6.46. The maximum absolute atomic E-state index is 4.35. The Bertz CT molecular complexity index is 666. The highest BCUT2D eigenvalue weighted by Gasteiger charge is 2.12. The van der Waals surface area contributed by atoms with Crippen LogP contribution in [0.5, 0.6) is 0 Å². The number of hydrogen-bond acceptors (Lipinski definition) is 5. The topological polar surface area (TPSA) is 50.7 Å². The molecule has 0 saturated heterocycles. The third-order valence-corrected chi connectivity index (χ3v) is 3.91. The van der Waals surface area contributed by atoms with E-state index in [2.05, 4.69) is 32.4 Å². The minimum atomic E-state index is 0.248. The largest absolute Gasteiger partial charge is 0.313 e. The van der Waals surface area contributed by atoms with Crippen molar-refractivity contribution in [2.45, 2.75) is 12.5 Å². The number of thiazole rings is 1. The first-order valence-electron chi connectivity index (χ1n) is 6.13. The molecule has 3 rings (SSSR count). The van der Waals surface area contributed by atoms with Crippen molar-refractivity contribution in [1.82, 2.24) is 20.3 Å². The number of likely N-dealkylation sites (N-methyl/N-ethyl adjacent to an activating group) is 1. The molecule has 0 aliphatic rings. The number of fused-ring (bicyclic) bond motifs is 1. The molecule has 0 bridgehead atoms. The summed E-state index contributed by atoms with van der Waals surface area (Å²) < 4.78 is 0. The maximum Gasteiger partial charge on any atom is 0.0943 e. The van der Waals surface area contributed by atoms with Gasteiger partial charge in [-0.1, -0.05) is 6.07 Å². The van der Waals surface area contributed by atoms with Crippen molar-refractivity contribution >= 4 is 22.4 Å². The standard InChI is InChI=1S/C14H14N4S/c1-15-12(9-14-18-6-7-19-14)10-2-3-11-13(8-10)17-5-4-16-11/h2-8,12,15H,9H2,1H3. The first-order chi connectivity index (χ1) is 9.36. The normalized spacial score (nSPS) is 12.7. The highest BCUT2D eigenvalue weighted by atomic mass is 32.1. The summed E-state index contributed by atoms with van der Waals surface area (Å²) in [6.45, 7) is 0. The van der Waals surface area contributed by atoms with Crippen LogP contribution in [-0.2, 0) is 6.42 Å². The Hall–Kier alpha value is -1.85. The van der Waals surface area contributed by atoms with Gasteiger partial charge in [-0.2, -0.15) is 0 Å². The second-order valence-corrected chi connectivity index (χ2v) is 5.25. The summed E-state index contributed by atoms with van der Waals surface area (Å²) in [4.78, 5) is 13.0. The average Bonchev–Trinajstić information content (AvgIpc) is 2.97. The van der Waals surface area contributed by atoms with Crippen LogP contribution in [0.3, 0.4) is 0 Å². The fraction of sp³-hybridized carbons (Fsp3) is 0.214. The highest BCUT2D eigenvalue weighted by molar-refractivity contribution is 7.09. The van der Waals surface area contributed by atoms with Crippen LogP contribution in [0.4, 0.5) is 0 Å². The molecule has 3 aromatic rings. The smallest absolute Gasteiger partial charge is 0.0943 e. The molecule has 1 atom stereocenters. The lowest BCUT2D eigenvalue weighted by Gasteiger charge is -2.15. The number of benzene rings is 1. The van der Waals surface area contributed by atoms with Crippen LogP contribution in [-0.4, -0.2) is 22.0 Å². The molecular formula is C14H14N4S. The SMILES string of the molecule is CNC(Cc1nccs1)c1ccc2nccnc2c1. The lowest BCUT2D eigenvalue weighted by molar-refractivity contribution is 0.591. The van der Waals surface area contributed by atoms with Crippen molar-refractivity contribution in [3.8, 4) is 0 Å². The molecule has 4 nitrogen and oxygen atoms in total. The lowest BCUT2D eigenvalue weighted by atomic mass is 10.0. The summed E-state index contributed by atoms with van der Waals surface area (Å²) in [7, 11) is 1.97. The van der Waals surface area contributed by atoms with Crippen LogP contribution in [0.25, 0.3) is 11.0 Å². The molecule has 0 aliphatic carbocycles. The van der Waals surface area contributed by atoms with Crippen LogP contribution >= 0.6 is 11.3 Å². The molecule has 2 aromatic heterocycles. The number of rotatable bonds is 4. The molecule has 0 saturated carbocycles. The lowest BCUT2D eigenvalue weighted by Crippen LogP contribution is -2.18. The molecule has 0 amide bonds. The van der Waals surface area contributed by atoms with Gasteiger partial charge in [0.25, 0.3) is 0 Å². The van der Waals surface area contributed by atoms with Gasteiger partial charge in [-0.25, -0.2) is 4.98 Å². The molecule has 96 valence electrons. The van der Waals surface area contributed by atoms with Gasteiger partial charge < -0.3 is 5.32 Å². The van der Waals surface area contributed by atoms with Crippen LogP contribution in [0.1, 0.15) is 16.6 Å². The molecule has 5 heteroatoms. The van der Waals surface area contributed by atoms with Gasteiger partial charge in [-0.05, 0) is 24.7 Å². The quantitative estimate of drug-likeness (QED) is 0.791. The van der Waals surface area contributed by atoms with E-state index in [1.165, 1.54) is 5.56 Å². The van der Waals surface area contributed by atoms with Gasteiger partial charge in [0.1, 0.15) is 0 Å². The van der Waals surface area contributed by atoms with Crippen LogP contribution in [0, 0.1) is 0 Å². The molecule has 1 N–H and O–H groups in total. The van der Waals surface area contributed by atoms with Crippen LogP contribution < -0.4 is 5.32 Å². The molecule has 0 spiro atoms. The summed E-state index contributed by atoms with van der Waals surface area (Å²) >= 11 is 1.69. The van der Waals surface area contributed by atoms with E-state index in [1.807, 2.05) is 24.7 Å². The minimum Gasteiger partial charge on any atom is -0.313 e. The van der Waals surface area contributed by atoms with E-state index in [0.717, 1.165) is 22.5 Å². The van der Waals surface area contributed by atoms with Crippen molar-refractivity contribution in [1.29, 1.82) is 0 Å². The highest BCUT2D eigenvalue weighted by Crippen LogP contribution is 2.21. The van der Waals surface area contributed by atoms with E-state index < -0.39 is 0 Å². The number of nitrogens with zero attached hydrogens (tertiary/aromatic N) is 3. The molecule has 0 fully saturated rings. The van der Waals surface area contributed by atoms with Gasteiger partial charge in [-0.3, -0.25) is 9.97 Å². The molecule has 0 radical (unpaired) electrons. The van der Waals surface area contributed by atoms with Crippen molar-refractivity contribution in [3.63, 3.8) is 0 Å². The fourth-order valence-electron chi connectivity index (χ4n) is 2.11. The van der Waals surface area contributed by atoms with E-state index in [9.17, 15) is 0 Å². The van der Waals surface area contributed by atoms with Gasteiger partial charge in [0.05, 0.1) is 16.0 Å². The molecule has 1 unspecified atom stereocenters. The van der Waals surface area contributed by atoms with Gasteiger partial charge in [0.2, 0.25) is 0 Å². The van der Waals surface area contributed by atoms with Crippen molar-refractivity contribution < 1.29 is 0 Å². The van der Waals surface area contributed by atoms with Crippen molar-refractivity contribution in [2.75, 3.05) is 7.05 Å². The second kappa shape index (κ2) is 5.42. The van der Waals surface area contributed by atoms with Crippen LogP contribution in [0.2, 0.25) is 0 Å². The van der Waals surface area contributed by atoms with Gasteiger partial charge in [0, 0.05) is 36.4 Å². The first-order valence-corrected chi connectivity index (χ1v) is 7.01. The van der Waals surface area contributed by atoms with E-state index in [4.69, 9.17) is 0 Å². The predicted molar refractivity (Wildman–Crippen MR) is 77.2 cm³/mol. The zero-order chi connectivity index (χ0) is 13.1. The number of nitrogens with one attached hydrogen (secondary N) is 1. The Morgan fingerprint density at radius 1 is 1.11 bits per heavy atom. The Kier molecular flexibility index (Phi) is 3.48. The minimum absolute atomic E-state index is 0.248. The molecular weight excluding hydrogens is 256 g/mol. The third kappa shape index (κ3) is 2.62. The first kappa shape index (κ1) is 12.2. The van der Waals surface area contributed by atoms with Gasteiger partial charge in [0.15, 0.2) is 0 Å². The zero-order valence-corrected chi connectivity index (χ0v) is 11.4. The van der Waals surface area contributed by atoms with Gasteiger partial charge >= 0.3 is 0 Å². The Morgan fingerprint density at radius 2 is 1.95 bits per heavy atom. The van der Waals surface area contributed by atoms with Crippen molar-refractivity contribution in [2.24, 2.45) is 0 Å². The molecule has 2 heterocycles. The monoisotopic (exact) mass is 270 g/mol. The van der Waals surface area contributed by atoms with E-state index in [1.54, 1.807) is 23.7 Å². The molecule has 1 aromatic carbocycles. The Labute approximate surface area is 115 Å². The fourth-order valence-corrected chi connectivity index (χ4v) is 2.78. The average molecular weight is 270 g/mol. The zero-order valence-electron chi connectivity index (χ0n) is 10.6. The predicted octanol–water partition coefficient (Wildman–Crippen LogP) is 2.59. The van der Waals surface area contributed by atoms with E-state index >= 15 is 0 Å². The van der Waals surface area contributed by atoms with Crippen molar-refractivity contribution in [3.05, 3.63) is 52.7 Å². The summed E-state index contributed by atoms with van der Waals surface area (Å²) in [5, 5.41) is 6.49. The summed E-state index contributed by atoms with van der Waals surface area (Å²) in [5.74, 6) is 0. The Balaban J connectivity index is 1.92. The number of aromatic nitrogens is 3. The molecule has 0 aliphatic heterocycles. The number of hydrogen-bond donors (Lipinski definition) is 1. The third-order valence-electron chi connectivity index (χ3n) is 3.11. The summed E-state index contributed by atoms with van der Waals surface area (Å²) in [5.41, 5.74) is 3.07. The Morgan fingerprint density at radius 3 is 2.68 bits per heavy atom. The maximum atomic E-state index is 4.35. The van der Waals surface area contributed by atoms with E-state index in [-0.39, 0.29) is 6.04 Å².